The lowest BCUT2D eigenvalue weighted by atomic mass is 9.97. The lowest BCUT2D eigenvalue weighted by Gasteiger charge is -2.20. The van der Waals surface area contributed by atoms with Gasteiger partial charge in [0.1, 0.15) is 10.7 Å². The highest BCUT2D eigenvalue weighted by Crippen LogP contribution is 2.19. The van der Waals surface area contributed by atoms with Gasteiger partial charge in [-0.05, 0) is 24.1 Å². The van der Waals surface area contributed by atoms with Gasteiger partial charge in [0.05, 0.1) is 11.8 Å². The Morgan fingerprint density at radius 2 is 1.95 bits per heavy atom. The number of hydrogen-bond acceptors (Lipinski definition) is 4. The number of hydrogen-bond donors (Lipinski definition) is 3. The molecule has 1 aromatic rings. The molecule has 0 fully saturated rings. The molecule has 1 rings (SSSR count). The summed E-state index contributed by atoms with van der Waals surface area (Å²) in [6.45, 7) is 3.73. The smallest absolute Gasteiger partial charge is 0.242 e. The van der Waals surface area contributed by atoms with E-state index in [1.54, 1.807) is 0 Å². The fourth-order valence-electron chi connectivity index (χ4n) is 2.01. The zero-order valence-corrected chi connectivity index (χ0v) is 12.5. The van der Waals surface area contributed by atoms with Crippen molar-refractivity contribution in [3.05, 3.63) is 24.0 Å². The maximum absolute atomic E-state index is 13.1. The Kier molecular flexibility index (Phi) is 5.91. The van der Waals surface area contributed by atoms with Gasteiger partial charge in [-0.25, -0.2) is 17.5 Å². The predicted octanol–water partition coefficient (Wildman–Crippen LogP) is 1.48. The molecule has 0 aliphatic heterocycles. The Labute approximate surface area is 119 Å². The lowest BCUT2D eigenvalue weighted by Crippen LogP contribution is -2.36. The van der Waals surface area contributed by atoms with Crippen LogP contribution in [0.15, 0.2) is 23.1 Å². The number of nitrogens with one attached hydrogen (secondary N) is 1. The summed E-state index contributed by atoms with van der Waals surface area (Å²) in [5.41, 5.74) is 5.51. The number of halogens is 1. The van der Waals surface area contributed by atoms with Crippen LogP contribution in [0.4, 0.5) is 10.1 Å². The Hall–Kier alpha value is -1.18. The first-order valence-electron chi connectivity index (χ1n) is 6.54. The topological polar surface area (TPSA) is 92.4 Å². The second-order valence-electron chi connectivity index (χ2n) is 4.68. The maximum Gasteiger partial charge on any atom is 0.242 e. The number of aliphatic hydroxyl groups excluding tert-OH is 1. The van der Waals surface area contributed by atoms with E-state index in [0.717, 1.165) is 25.0 Å². The second kappa shape index (κ2) is 7.01. The standard InChI is InChI=1S/C13H21FN2O3S/c1-3-9(4-2)12(17)8-16-20(18,19)13-7-10(14)5-6-11(13)15/h5-7,9,12,16-17H,3-4,8,15H2,1-2H3. The molecule has 1 unspecified atom stereocenters. The zero-order chi connectivity index (χ0) is 15.3. The minimum Gasteiger partial charge on any atom is -0.398 e. The molecule has 0 aliphatic carbocycles. The highest BCUT2D eigenvalue weighted by atomic mass is 32.2. The summed E-state index contributed by atoms with van der Waals surface area (Å²) < 4.78 is 39.5. The van der Waals surface area contributed by atoms with Crippen LogP contribution in [0.3, 0.4) is 0 Å². The molecular formula is C13H21FN2O3S. The summed E-state index contributed by atoms with van der Waals surface area (Å²) in [5, 5.41) is 9.91. The molecule has 7 heteroatoms. The summed E-state index contributed by atoms with van der Waals surface area (Å²) >= 11 is 0. The van der Waals surface area contributed by atoms with E-state index in [4.69, 9.17) is 5.73 Å². The molecule has 0 amide bonds. The summed E-state index contributed by atoms with van der Waals surface area (Å²) in [7, 11) is -3.93. The fraction of sp³-hybridized carbons (Fsp3) is 0.538. The third kappa shape index (κ3) is 4.16. The molecule has 0 aromatic heterocycles. The predicted molar refractivity (Wildman–Crippen MR) is 76.1 cm³/mol. The van der Waals surface area contributed by atoms with Crippen molar-refractivity contribution in [3.63, 3.8) is 0 Å². The van der Waals surface area contributed by atoms with Crippen LogP contribution in [0.25, 0.3) is 0 Å². The maximum atomic E-state index is 13.1. The van der Waals surface area contributed by atoms with E-state index in [0.29, 0.717) is 0 Å². The normalized spacial score (nSPS) is 13.7. The van der Waals surface area contributed by atoms with Gasteiger partial charge in [-0.1, -0.05) is 26.7 Å². The molecule has 1 atom stereocenters. The lowest BCUT2D eigenvalue weighted by molar-refractivity contribution is 0.107. The van der Waals surface area contributed by atoms with Crippen LogP contribution in [0.1, 0.15) is 26.7 Å². The van der Waals surface area contributed by atoms with Gasteiger partial charge >= 0.3 is 0 Å². The molecule has 5 nitrogen and oxygen atoms in total. The van der Waals surface area contributed by atoms with E-state index in [9.17, 15) is 17.9 Å². The summed E-state index contributed by atoms with van der Waals surface area (Å²) in [4.78, 5) is -0.311. The van der Waals surface area contributed by atoms with Crippen LogP contribution < -0.4 is 10.5 Å². The van der Waals surface area contributed by atoms with Gasteiger partial charge in [0.25, 0.3) is 0 Å². The van der Waals surface area contributed by atoms with Crippen LogP contribution in [-0.4, -0.2) is 26.2 Å². The molecule has 0 heterocycles. The Balaban J connectivity index is 2.83. The van der Waals surface area contributed by atoms with Crippen LogP contribution >= 0.6 is 0 Å². The first-order chi connectivity index (χ1) is 9.31. The number of nitrogen functional groups attached to an aromatic ring is 1. The Morgan fingerprint density at radius 3 is 2.50 bits per heavy atom. The highest BCUT2D eigenvalue weighted by Gasteiger charge is 2.22. The molecule has 0 saturated heterocycles. The Morgan fingerprint density at radius 1 is 1.35 bits per heavy atom. The molecule has 0 aliphatic rings. The summed E-state index contributed by atoms with van der Waals surface area (Å²) in [6.07, 6.45) is 0.720. The average molecular weight is 304 g/mol. The largest absolute Gasteiger partial charge is 0.398 e. The molecule has 0 spiro atoms. The van der Waals surface area contributed by atoms with Crippen LogP contribution in [0, 0.1) is 11.7 Å². The molecular weight excluding hydrogens is 283 g/mol. The molecule has 0 saturated carbocycles. The van der Waals surface area contributed by atoms with Crippen molar-refractivity contribution in [1.82, 2.24) is 4.72 Å². The molecule has 114 valence electrons. The molecule has 0 bridgehead atoms. The van der Waals surface area contributed by atoms with Gasteiger partial charge in [-0.2, -0.15) is 0 Å². The number of rotatable bonds is 7. The SMILES string of the molecule is CCC(CC)C(O)CNS(=O)(=O)c1cc(F)ccc1N. The van der Waals surface area contributed by atoms with E-state index in [1.807, 2.05) is 13.8 Å². The van der Waals surface area contributed by atoms with E-state index >= 15 is 0 Å². The first-order valence-corrected chi connectivity index (χ1v) is 8.02. The minimum atomic E-state index is -3.93. The number of aliphatic hydroxyl groups is 1. The van der Waals surface area contributed by atoms with Crippen LogP contribution in [0.5, 0.6) is 0 Å². The third-order valence-corrected chi connectivity index (χ3v) is 4.82. The molecule has 1 aromatic carbocycles. The van der Waals surface area contributed by atoms with Gasteiger partial charge in [0, 0.05) is 6.54 Å². The fourth-order valence-corrected chi connectivity index (χ4v) is 3.21. The summed E-state index contributed by atoms with van der Waals surface area (Å²) in [5.74, 6) is -0.664. The Bertz CT molecular complexity index is 545. The first kappa shape index (κ1) is 16.9. The number of anilines is 1. The van der Waals surface area contributed by atoms with Crippen molar-refractivity contribution in [1.29, 1.82) is 0 Å². The minimum absolute atomic E-state index is 0.0163. The van der Waals surface area contributed by atoms with E-state index in [-0.39, 0.29) is 23.0 Å². The van der Waals surface area contributed by atoms with E-state index in [1.165, 1.54) is 6.07 Å². The van der Waals surface area contributed by atoms with Crippen molar-refractivity contribution in [3.8, 4) is 0 Å². The van der Waals surface area contributed by atoms with E-state index in [2.05, 4.69) is 4.72 Å². The van der Waals surface area contributed by atoms with Gasteiger partial charge in [-0.3, -0.25) is 0 Å². The highest BCUT2D eigenvalue weighted by molar-refractivity contribution is 7.89. The number of benzene rings is 1. The van der Waals surface area contributed by atoms with Crippen LogP contribution in [0.2, 0.25) is 0 Å². The zero-order valence-electron chi connectivity index (χ0n) is 11.6. The van der Waals surface area contributed by atoms with Crippen LogP contribution in [-0.2, 0) is 10.0 Å². The molecule has 20 heavy (non-hydrogen) atoms. The number of sulfonamides is 1. The second-order valence-corrected chi connectivity index (χ2v) is 6.41. The average Bonchev–Trinajstić information content (AvgIpc) is 2.40. The van der Waals surface area contributed by atoms with Crippen molar-refractivity contribution in [2.75, 3.05) is 12.3 Å². The molecule has 0 radical (unpaired) electrons. The van der Waals surface area contributed by atoms with Gasteiger partial charge in [-0.15, -0.1) is 0 Å². The van der Waals surface area contributed by atoms with Gasteiger partial charge in [0.15, 0.2) is 0 Å². The molecule has 4 N–H and O–H groups in total. The van der Waals surface area contributed by atoms with E-state index < -0.39 is 21.9 Å². The summed E-state index contributed by atoms with van der Waals surface area (Å²) in [6, 6.07) is 3.15. The quantitative estimate of drug-likeness (QED) is 0.665. The van der Waals surface area contributed by atoms with Crippen molar-refractivity contribution in [2.45, 2.75) is 37.7 Å². The third-order valence-electron chi connectivity index (χ3n) is 3.34. The van der Waals surface area contributed by atoms with Crippen molar-refractivity contribution >= 4 is 15.7 Å². The van der Waals surface area contributed by atoms with Crippen molar-refractivity contribution < 1.29 is 17.9 Å². The number of nitrogens with two attached hydrogens (primary N) is 1. The van der Waals surface area contributed by atoms with Gasteiger partial charge in [0.2, 0.25) is 10.0 Å². The van der Waals surface area contributed by atoms with Gasteiger partial charge < -0.3 is 10.8 Å². The van der Waals surface area contributed by atoms with Crippen molar-refractivity contribution in [2.24, 2.45) is 5.92 Å². The monoisotopic (exact) mass is 304 g/mol.